The number of nitrogens with zero attached hydrogens (tertiary/aromatic N) is 1. The van der Waals surface area contributed by atoms with Gasteiger partial charge in [0.25, 0.3) is 15.7 Å². The predicted octanol–water partition coefficient (Wildman–Crippen LogP) is 0.847. The Morgan fingerprint density at radius 1 is 1.40 bits per heavy atom. The fourth-order valence-corrected chi connectivity index (χ4v) is 2.63. The molecule has 0 aliphatic heterocycles. The Bertz CT molecular complexity index is 680. The summed E-state index contributed by atoms with van der Waals surface area (Å²) in [6, 6.07) is 3.96. The lowest BCUT2D eigenvalue weighted by atomic mass is 10.3. The van der Waals surface area contributed by atoms with E-state index in [1.54, 1.807) is 7.05 Å². The Morgan fingerprint density at radius 3 is 2.67 bits per heavy atom. The van der Waals surface area contributed by atoms with E-state index >= 15 is 0 Å². The molecule has 0 radical (unpaired) electrons. The summed E-state index contributed by atoms with van der Waals surface area (Å²) >= 11 is 1.23. The zero-order chi connectivity index (χ0) is 11.2. The highest BCUT2D eigenvalue weighted by Crippen LogP contribution is 2.19. The summed E-state index contributed by atoms with van der Waals surface area (Å²) in [7, 11) is -2.65. The third-order valence-corrected chi connectivity index (χ3v) is 3.84. The third kappa shape index (κ3) is 1.69. The van der Waals surface area contributed by atoms with Crippen LogP contribution in [0, 0.1) is 0 Å². The van der Waals surface area contributed by atoms with Crippen LogP contribution < -0.4 is 5.56 Å². The van der Waals surface area contributed by atoms with E-state index in [1.807, 2.05) is 0 Å². The lowest BCUT2D eigenvalue weighted by Crippen LogP contribution is -2.08. The molecule has 0 atom stereocenters. The molecule has 2 rings (SSSR count). The highest BCUT2D eigenvalue weighted by Gasteiger charge is 2.12. The van der Waals surface area contributed by atoms with Gasteiger partial charge >= 0.3 is 0 Å². The molecular formula is C8H7NO4S2. The first kappa shape index (κ1) is 10.3. The fourth-order valence-electron chi connectivity index (χ4n) is 1.27. The van der Waals surface area contributed by atoms with E-state index in [2.05, 4.69) is 0 Å². The Balaban J connectivity index is 2.87. The topological polar surface area (TPSA) is 76.4 Å². The van der Waals surface area contributed by atoms with Crippen LogP contribution in [0.25, 0.3) is 10.1 Å². The first-order valence-electron chi connectivity index (χ1n) is 3.97. The summed E-state index contributed by atoms with van der Waals surface area (Å²) in [5.74, 6) is 0. The number of benzene rings is 1. The number of hydrogen-bond donors (Lipinski definition) is 1. The van der Waals surface area contributed by atoms with Gasteiger partial charge in [0.2, 0.25) is 0 Å². The molecule has 7 heteroatoms. The van der Waals surface area contributed by atoms with Crippen LogP contribution in [0.4, 0.5) is 0 Å². The van der Waals surface area contributed by atoms with Crippen LogP contribution in [0.3, 0.4) is 0 Å². The van der Waals surface area contributed by atoms with Crippen molar-refractivity contribution in [3.8, 4) is 0 Å². The van der Waals surface area contributed by atoms with Crippen molar-refractivity contribution < 1.29 is 13.0 Å². The molecule has 0 spiro atoms. The fraction of sp³-hybridized carbons (Fsp3) is 0.125. The highest BCUT2D eigenvalue weighted by atomic mass is 32.2. The highest BCUT2D eigenvalue weighted by molar-refractivity contribution is 7.85. The molecule has 0 unspecified atom stereocenters. The number of rotatable bonds is 1. The Hall–Kier alpha value is -1.18. The van der Waals surface area contributed by atoms with Gasteiger partial charge in [-0.1, -0.05) is 11.5 Å². The van der Waals surface area contributed by atoms with Crippen molar-refractivity contribution in [3.63, 3.8) is 0 Å². The quantitative estimate of drug-likeness (QED) is 0.755. The summed E-state index contributed by atoms with van der Waals surface area (Å²) in [5.41, 5.74) is -0.263. The average molecular weight is 245 g/mol. The minimum absolute atomic E-state index is 0.259. The zero-order valence-corrected chi connectivity index (χ0v) is 9.30. The Morgan fingerprint density at radius 2 is 2.07 bits per heavy atom. The van der Waals surface area contributed by atoms with Crippen molar-refractivity contribution >= 4 is 31.7 Å². The summed E-state index contributed by atoms with van der Waals surface area (Å²) in [6.45, 7) is 0. The van der Waals surface area contributed by atoms with E-state index in [4.69, 9.17) is 4.55 Å². The van der Waals surface area contributed by atoms with Crippen LogP contribution in [0.15, 0.2) is 27.9 Å². The average Bonchev–Trinajstić information content (AvgIpc) is 2.41. The molecule has 80 valence electrons. The van der Waals surface area contributed by atoms with Gasteiger partial charge in [0.05, 0.1) is 15.0 Å². The number of hydrogen-bond acceptors (Lipinski definition) is 4. The number of aromatic nitrogens is 1. The maximum absolute atomic E-state index is 11.5. The molecule has 1 aromatic heterocycles. The maximum atomic E-state index is 11.5. The summed E-state index contributed by atoms with van der Waals surface area (Å²) < 4.78 is 32.6. The van der Waals surface area contributed by atoms with Gasteiger partial charge < -0.3 is 0 Å². The molecule has 0 aliphatic carbocycles. The maximum Gasteiger partial charge on any atom is 0.294 e. The van der Waals surface area contributed by atoms with Crippen LogP contribution in [0.2, 0.25) is 0 Å². The molecule has 0 aliphatic rings. The smallest absolute Gasteiger partial charge is 0.282 e. The van der Waals surface area contributed by atoms with Gasteiger partial charge in [0.1, 0.15) is 0 Å². The van der Waals surface area contributed by atoms with Crippen molar-refractivity contribution in [2.45, 2.75) is 4.90 Å². The predicted molar refractivity (Wildman–Crippen MR) is 56.9 cm³/mol. The van der Waals surface area contributed by atoms with E-state index < -0.39 is 10.1 Å². The minimum atomic E-state index is -4.25. The van der Waals surface area contributed by atoms with Crippen molar-refractivity contribution in [1.29, 1.82) is 0 Å². The largest absolute Gasteiger partial charge is 0.294 e. The molecule has 0 saturated heterocycles. The first-order valence-corrected chi connectivity index (χ1v) is 6.18. The van der Waals surface area contributed by atoms with Crippen molar-refractivity contribution in [2.75, 3.05) is 0 Å². The van der Waals surface area contributed by atoms with Crippen LogP contribution in [-0.2, 0) is 17.2 Å². The molecule has 0 fully saturated rings. The monoisotopic (exact) mass is 245 g/mol. The lowest BCUT2D eigenvalue weighted by molar-refractivity contribution is 0.483. The molecule has 0 bridgehead atoms. The first-order chi connectivity index (χ1) is 6.89. The molecule has 1 N–H and O–H groups in total. The van der Waals surface area contributed by atoms with Crippen LogP contribution in [0.1, 0.15) is 0 Å². The van der Waals surface area contributed by atoms with Gasteiger partial charge in [0.15, 0.2) is 0 Å². The van der Waals surface area contributed by atoms with E-state index in [0.717, 1.165) is 0 Å². The summed E-state index contributed by atoms with van der Waals surface area (Å²) in [5, 5.41) is 0.303. The minimum Gasteiger partial charge on any atom is -0.282 e. The number of aryl methyl sites for hydroxylation is 1. The van der Waals surface area contributed by atoms with Gasteiger partial charge in [0, 0.05) is 7.05 Å². The van der Waals surface area contributed by atoms with Gasteiger partial charge in [-0.15, -0.1) is 0 Å². The van der Waals surface area contributed by atoms with Crippen molar-refractivity contribution in [2.24, 2.45) is 7.05 Å². The zero-order valence-electron chi connectivity index (χ0n) is 7.67. The Labute approximate surface area is 89.5 Å². The third-order valence-electron chi connectivity index (χ3n) is 2.00. The van der Waals surface area contributed by atoms with E-state index in [0.29, 0.717) is 10.1 Å². The van der Waals surface area contributed by atoms with Gasteiger partial charge in [-0.25, -0.2) is 0 Å². The van der Waals surface area contributed by atoms with E-state index in [9.17, 15) is 13.2 Å². The van der Waals surface area contributed by atoms with Crippen LogP contribution >= 0.6 is 11.5 Å². The number of fused-ring (bicyclic) bond motifs is 1. The van der Waals surface area contributed by atoms with Gasteiger partial charge in [-0.05, 0) is 18.2 Å². The van der Waals surface area contributed by atoms with Crippen molar-refractivity contribution in [3.05, 3.63) is 28.6 Å². The summed E-state index contributed by atoms with van der Waals surface area (Å²) in [6.07, 6.45) is 0. The molecular weight excluding hydrogens is 238 g/mol. The molecule has 1 heterocycles. The molecule has 2 aromatic rings. The molecule has 15 heavy (non-hydrogen) atoms. The van der Waals surface area contributed by atoms with Gasteiger partial charge in [-0.3, -0.25) is 13.3 Å². The van der Waals surface area contributed by atoms with Gasteiger partial charge in [-0.2, -0.15) is 8.42 Å². The van der Waals surface area contributed by atoms with Crippen LogP contribution in [0.5, 0.6) is 0 Å². The second-order valence-electron chi connectivity index (χ2n) is 3.03. The Kier molecular flexibility index (Phi) is 2.18. The molecule has 5 nitrogen and oxygen atoms in total. The van der Waals surface area contributed by atoms with Crippen LogP contribution in [-0.4, -0.2) is 16.9 Å². The lowest BCUT2D eigenvalue weighted by Gasteiger charge is -1.94. The SMILES string of the molecule is Cn1sc2ccc(S(=O)(=O)O)cc2c1=O. The second-order valence-corrected chi connectivity index (χ2v) is 5.62. The molecule has 0 saturated carbocycles. The van der Waals surface area contributed by atoms with E-state index in [-0.39, 0.29) is 10.5 Å². The second kappa shape index (κ2) is 3.16. The molecule has 0 amide bonds. The summed E-state index contributed by atoms with van der Waals surface area (Å²) in [4.78, 5) is 11.2. The van der Waals surface area contributed by atoms with E-state index in [1.165, 1.54) is 33.7 Å². The molecule has 1 aromatic carbocycles. The van der Waals surface area contributed by atoms with Crippen molar-refractivity contribution in [1.82, 2.24) is 3.96 Å². The normalized spacial score (nSPS) is 12.1. The standard InChI is InChI=1S/C8H7NO4S2/c1-9-8(10)6-4-5(15(11,12)13)2-3-7(6)14-9/h2-4H,1H3,(H,11,12,13).